The Morgan fingerprint density at radius 1 is 1.22 bits per heavy atom. The van der Waals surface area contributed by atoms with Gasteiger partial charge in [-0.05, 0) is 24.5 Å². The van der Waals surface area contributed by atoms with E-state index in [1.54, 1.807) is 0 Å². The normalized spacial score (nSPS) is 31.1. The van der Waals surface area contributed by atoms with Gasteiger partial charge in [0.2, 0.25) is 5.91 Å². The van der Waals surface area contributed by atoms with E-state index in [9.17, 15) is 4.79 Å². The van der Waals surface area contributed by atoms with Crippen LogP contribution < -0.4 is 0 Å². The van der Waals surface area contributed by atoms with Gasteiger partial charge in [0, 0.05) is 26.2 Å². The molecule has 1 amide bonds. The van der Waals surface area contributed by atoms with Gasteiger partial charge >= 0.3 is 0 Å². The first-order valence-corrected chi connectivity index (χ1v) is 7.10. The van der Waals surface area contributed by atoms with E-state index in [1.165, 1.54) is 0 Å². The first-order chi connectivity index (χ1) is 8.34. The molecule has 2 fully saturated rings. The smallest absolute Gasteiger partial charge is 0.226 e. The molecule has 102 valence electrons. The molecule has 2 aliphatic rings. The molecule has 18 heavy (non-hydrogen) atoms. The zero-order chi connectivity index (χ0) is 13.5. The van der Waals surface area contributed by atoms with Crippen LogP contribution in [0.15, 0.2) is 10.6 Å². The van der Waals surface area contributed by atoms with Gasteiger partial charge in [-0.25, -0.2) is 0 Å². The van der Waals surface area contributed by atoms with Crippen LogP contribution in [0.3, 0.4) is 0 Å². The van der Waals surface area contributed by atoms with E-state index in [-0.39, 0.29) is 27.6 Å². The van der Waals surface area contributed by atoms with Crippen LogP contribution in [0.5, 0.6) is 0 Å². The lowest BCUT2D eigenvalue weighted by Gasteiger charge is -2.32. The van der Waals surface area contributed by atoms with Crippen molar-refractivity contribution >= 4 is 29.1 Å². The maximum Gasteiger partial charge on any atom is 0.226 e. The van der Waals surface area contributed by atoms with Crippen molar-refractivity contribution in [1.82, 2.24) is 9.80 Å². The topological polar surface area (TPSA) is 23.6 Å². The summed E-state index contributed by atoms with van der Waals surface area (Å²) in [5, 5.41) is 0. The Morgan fingerprint density at radius 3 is 2.28 bits per heavy atom. The number of nitrogens with zero attached hydrogens (tertiary/aromatic N) is 2. The summed E-state index contributed by atoms with van der Waals surface area (Å²) < 4.78 is 0.266. The first-order valence-electron chi connectivity index (χ1n) is 6.34. The van der Waals surface area contributed by atoms with Crippen LogP contribution in [0.4, 0.5) is 0 Å². The second-order valence-corrected chi connectivity index (χ2v) is 6.92. The fourth-order valence-corrected chi connectivity index (χ4v) is 3.09. The highest BCUT2D eigenvalue weighted by Gasteiger charge is 2.61. The minimum Gasteiger partial charge on any atom is -0.340 e. The van der Waals surface area contributed by atoms with Gasteiger partial charge in [0.05, 0.1) is 5.92 Å². The number of piperazine rings is 1. The molecule has 0 N–H and O–H groups in total. The van der Waals surface area contributed by atoms with Gasteiger partial charge in [-0.2, -0.15) is 0 Å². The van der Waals surface area contributed by atoms with Gasteiger partial charge in [0.15, 0.2) is 0 Å². The van der Waals surface area contributed by atoms with Crippen LogP contribution in [0.2, 0.25) is 0 Å². The summed E-state index contributed by atoms with van der Waals surface area (Å²) in [4.78, 5) is 16.7. The average Bonchev–Trinajstić information content (AvgIpc) is 2.79. The van der Waals surface area contributed by atoms with E-state index >= 15 is 0 Å². The van der Waals surface area contributed by atoms with Crippen molar-refractivity contribution in [3.63, 3.8) is 0 Å². The Hall–Kier alpha value is -0.250. The molecule has 0 spiro atoms. The molecule has 1 heterocycles. The van der Waals surface area contributed by atoms with Crippen molar-refractivity contribution in [2.45, 2.75) is 13.8 Å². The largest absolute Gasteiger partial charge is 0.340 e. The molecule has 2 rings (SSSR count). The minimum absolute atomic E-state index is 0.0184. The Bertz CT molecular complexity index is 369. The molecule has 5 heteroatoms. The third-order valence-corrected chi connectivity index (χ3v) is 4.55. The summed E-state index contributed by atoms with van der Waals surface area (Å²) in [5.41, 5.74) is -0.0184. The maximum atomic E-state index is 12.5. The molecule has 0 radical (unpaired) electrons. The number of amides is 1. The van der Waals surface area contributed by atoms with Crippen molar-refractivity contribution in [1.29, 1.82) is 0 Å². The Morgan fingerprint density at radius 2 is 1.78 bits per heavy atom. The first kappa shape index (κ1) is 14.2. The summed E-state index contributed by atoms with van der Waals surface area (Å²) in [6.07, 6.45) is 1.81. The number of hydrogen-bond acceptors (Lipinski definition) is 2. The molecular weight excluding hydrogens is 271 g/mol. The lowest BCUT2D eigenvalue weighted by molar-refractivity contribution is -0.135. The predicted octanol–water partition coefficient (Wildman–Crippen LogP) is 2.35. The Kier molecular flexibility index (Phi) is 3.96. The van der Waals surface area contributed by atoms with Crippen LogP contribution in [0.1, 0.15) is 13.8 Å². The van der Waals surface area contributed by atoms with E-state index in [4.69, 9.17) is 23.2 Å². The van der Waals surface area contributed by atoms with Crippen molar-refractivity contribution in [2.24, 2.45) is 17.3 Å². The fourth-order valence-electron chi connectivity index (χ4n) is 2.82. The average molecular weight is 291 g/mol. The molecule has 3 nitrogen and oxygen atoms in total. The third-order valence-electron chi connectivity index (χ3n) is 4.30. The van der Waals surface area contributed by atoms with Crippen molar-refractivity contribution in [3.05, 3.63) is 10.6 Å². The van der Waals surface area contributed by atoms with Gasteiger partial charge in [-0.3, -0.25) is 4.79 Å². The van der Waals surface area contributed by atoms with Crippen molar-refractivity contribution in [2.75, 3.05) is 33.2 Å². The third kappa shape index (κ3) is 2.68. The zero-order valence-corrected chi connectivity index (χ0v) is 12.6. The molecule has 1 aliphatic heterocycles. The molecule has 1 saturated heterocycles. The lowest BCUT2D eigenvalue weighted by atomic mass is 10.1. The number of hydrogen-bond donors (Lipinski definition) is 0. The van der Waals surface area contributed by atoms with E-state index in [0.717, 1.165) is 26.2 Å². The van der Waals surface area contributed by atoms with Gasteiger partial charge < -0.3 is 9.80 Å². The molecule has 0 unspecified atom stereocenters. The van der Waals surface area contributed by atoms with Crippen LogP contribution in [0.25, 0.3) is 0 Å². The van der Waals surface area contributed by atoms with Crippen LogP contribution in [-0.2, 0) is 4.79 Å². The fraction of sp³-hybridized carbons (Fsp3) is 0.769. The van der Waals surface area contributed by atoms with E-state index < -0.39 is 0 Å². The molecule has 1 aliphatic carbocycles. The van der Waals surface area contributed by atoms with Crippen LogP contribution >= 0.6 is 23.2 Å². The molecule has 2 atom stereocenters. The number of halogens is 2. The number of carbonyl (C=O) groups is 1. The van der Waals surface area contributed by atoms with Gasteiger partial charge in [0.25, 0.3) is 0 Å². The highest BCUT2D eigenvalue weighted by atomic mass is 35.5. The number of rotatable bonds is 2. The Labute approximate surface area is 119 Å². The summed E-state index contributed by atoms with van der Waals surface area (Å²) in [7, 11) is 2.09. The lowest BCUT2D eigenvalue weighted by Crippen LogP contribution is -2.48. The summed E-state index contributed by atoms with van der Waals surface area (Å²) in [6, 6.07) is 0. The second kappa shape index (κ2) is 5.03. The molecule has 0 bridgehead atoms. The Balaban J connectivity index is 2.00. The molecule has 0 aromatic heterocycles. The standard InChI is InChI=1S/C13H20Cl2N2O/c1-13(2)9(8-10(14)15)11(13)12(18)17-6-4-16(3)5-7-17/h8-9,11H,4-7H2,1-3H3/t9-,11+/m0/s1. The van der Waals surface area contributed by atoms with Gasteiger partial charge in [0.1, 0.15) is 4.49 Å². The minimum atomic E-state index is -0.0184. The highest BCUT2D eigenvalue weighted by Crippen LogP contribution is 2.60. The second-order valence-electron chi connectivity index (χ2n) is 5.91. The molecule has 0 aromatic carbocycles. The van der Waals surface area contributed by atoms with Crippen molar-refractivity contribution < 1.29 is 4.79 Å². The quantitative estimate of drug-likeness (QED) is 0.779. The van der Waals surface area contributed by atoms with Crippen LogP contribution in [0, 0.1) is 17.3 Å². The maximum absolute atomic E-state index is 12.5. The van der Waals surface area contributed by atoms with E-state index in [2.05, 4.69) is 25.8 Å². The van der Waals surface area contributed by atoms with Crippen LogP contribution in [-0.4, -0.2) is 48.9 Å². The molecule has 0 aromatic rings. The van der Waals surface area contributed by atoms with Gasteiger partial charge in [-0.15, -0.1) is 0 Å². The number of likely N-dealkylation sites (N-methyl/N-ethyl adjacent to an activating group) is 1. The number of carbonyl (C=O) groups excluding carboxylic acids is 1. The zero-order valence-electron chi connectivity index (χ0n) is 11.1. The summed E-state index contributed by atoms with van der Waals surface area (Å²) >= 11 is 11.4. The highest BCUT2D eigenvalue weighted by molar-refractivity contribution is 6.55. The summed E-state index contributed by atoms with van der Waals surface area (Å²) in [6.45, 7) is 7.76. The molecule has 1 saturated carbocycles. The van der Waals surface area contributed by atoms with Crippen molar-refractivity contribution in [3.8, 4) is 0 Å². The predicted molar refractivity (Wildman–Crippen MR) is 74.6 cm³/mol. The summed E-state index contributed by atoms with van der Waals surface area (Å²) in [5.74, 6) is 0.465. The monoisotopic (exact) mass is 290 g/mol. The van der Waals surface area contributed by atoms with E-state index in [1.807, 2.05) is 11.0 Å². The molecular formula is C13H20Cl2N2O. The van der Waals surface area contributed by atoms with Gasteiger partial charge in [-0.1, -0.05) is 37.0 Å². The SMILES string of the molecule is CN1CCN(C(=O)[C@H]2[C@H](C=C(Cl)Cl)C2(C)C)CC1. The van der Waals surface area contributed by atoms with E-state index in [0.29, 0.717) is 0 Å². The number of allylic oxidation sites excluding steroid dienone is 1.